The molecule has 1 aromatic carbocycles. The number of imidazole rings is 1. The lowest BCUT2D eigenvalue weighted by Crippen LogP contribution is -2.07. The summed E-state index contributed by atoms with van der Waals surface area (Å²) < 4.78 is 1.98. The van der Waals surface area contributed by atoms with Crippen LogP contribution >= 0.6 is 0 Å². The maximum Gasteiger partial charge on any atom is 0.226 e. The van der Waals surface area contributed by atoms with E-state index in [2.05, 4.69) is 32.4 Å². The SMILES string of the molecule is CCNc1nc(N)c2ncn(Cc3ccccc3)c2n1. The molecule has 0 saturated carbocycles. The summed E-state index contributed by atoms with van der Waals surface area (Å²) in [6, 6.07) is 10.2. The van der Waals surface area contributed by atoms with Crippen LogP contribution in [0.15, 0.2) is 36.7 Å². The number of nitrogens with two attached hydrogens (primary N) is 1. The monoisotopic (exact) mass is 268 g/mol. The molecule has 0 saturated heterocycles. The average Bonchev–Trinajstić information content (AvgIpc) is 2.84. The molecule has 0 aliphatic rings. The van der Waals surface area contributed by atoms with Gasteiger partial charge >= 0.3 is 0 Å². The summed E-state index contributed by atoms with van der Waals surface area (Å²) in [7, 11) is 0. The van der Waals surface area contributed by atoms with Crippen molar-refractivity contribution in [3.05, 3.63) is 42.2 Å². The summed E-state index contributed by atoms with van der Waals surface area (Å²) in [5.41, 5.74) is 8.50. The van der Waals surface area contributed by atoms with Crippen LogP contribution in [0.3, 0.4) is 0 Å². The van der Waals surface area contributed by atoms with Crippen molar-refractivity contribution in [2.24, 2.45) is 0 Å². The molecule has 2 heterocycles. The van der Waals surface area contributed by atoms with Crippen molar-refractivity contribution in [2.45, 2.75) is 13.5 Å². The molecular weight excluding hydrogens is 252 g/mol. The van der Waals surface area contributed by atoms with Gasteiger partial charge in [-0.3, -0.25) is 0 Å². The van der Waals surface area contributed by atoms with Gasteiger partial charge < -0.3 is 15.6 Å². The summed E-state index contributed by atoms with van der Waals surface area (Å²) in [5.74, 6) is 0.935. The molecule has 0 aliphatic heterocycles. The topological polar surface area (TPSA) is 81.6 Å². The Labute approximate surface area is 116 Å². The van der Waals surface area contributed by atoms with Crippen molar-refractivity contribution in [2.75, 3.05) is 17.6 Å². The van der Waals surface area contributed by atoms with Crippen LogP contribution < -0.4 is 11.1 Å². The number of nitrogens with one attached hydrogen (secondary N) is 1. The molecule has 6 nitrogen and oxygen atoms in total. The van der Waals surface area contributed by atoms with Gasteiger partial charge in [0.2, 0.25) is 5.95 Å². The van der Waals surface area contributed by atoms with Crippen LogP contribution in [-0.4, -0.2) is 26.1 Å². The van der Waals surface area contributed by atoms with Crippen LogP contribution in [0, 0.1) is 0 Å². The highest BCUT2D eigenvalue weighted by molar-refractivity contribution is 5.82. The van der Waals surface area contributed by atoms with Crippen LogP contribution in [0.5, 0.6) is 0 Å². The number of rotatable bonds is 4. The highest BCUT2D eigenvalue weighted by atomic mass is 15.2. The molecule has 0 atom stereocenters. The van der Waals surface area contributed by atoms with Crippen molar-refractivity contribution in [1.29, 1.82) is 0 Å². The molecule has 0 fully saturated rings. The lowest BCUT2D eigenvalue weighted by atomic mass is 10.2. The maximum absolute atomic E-state index is 5.93. The number of hydrogen-bond acceptors (Lipinski definition) is 5. The van der Waals surface area contributed by atoms with Crippen molar-refractivity contribution in [3.63, 3.8) is 0 Å². The third-order valence-corrected chi connectivity index (χ3v) is 3.02. The Kier molecular flexibility index (Phi) is 3.20. The van der Waals surface area contributed by atoms with E-state index < -0.39 is 0 Å². The van der Waals surface area contributed by atoms with Gasteiger partial charge in [0.05, 0.1) is 12.9 Å². The highest BCUT2D eigenvalue weighted by Gasteiger charge is 2.11. The number of aromatic nitrogens is 4. The molecule has 3 N–H and O–H groups in total. The second kappa shape index (κ2) is 5.16. The van der Waals surface area contributed by atoms with Crippen LogP contribution in [0.2, 0.25) is 0 Å². The molecule has 20 heavy (non-hydrogen) atoms. The standard InChI is InChI=1S/C14H16N6/c1-2-16-14-18-12(15)11-13(19-14)20(9-17-11)8-10-6-4-3-5-7-10/h3-7,9H,2,8H2,1H3,(H3,15,16,18,19). The van der Waals surface area contributed by atoms with E-state index in [4.69, 9.17) is 5.73 Å². The molecule has 0 aliphatic carbocycles. The van der Waals surface area contributed by atoms with E-state index >= 15 is 0 Å². The van der Waals surface area contributed by atoms with Crippen molar-refractivity contribution >= 4 is 22.9 Å². The minimum Gasteiger partial charge on any atom is -0.382 e. The minimum absolute atomic E-state index is 0.401. The molecule has 3 rings (SSSR count). The third kappa shape index (κ3) is 2.27. The van der Waals surface area contributed by atoms with E-state index in [1.165, 1.54) is 5.56 Å². The zero-order valence-corrected chi connectivity index (χ0v) is 11.2. The van der Waals surface area contributed by atoms with E-state index in [-0.39, 0.29) is 0 Å². The van der Waals surface area contributed by atoms with E-state index in [0.29, 0.717) is 23.8 Å². The molecular formula is C14H16N6. The molecule has 3 aromatic rings. The molecule has 0 amide bonds. The van der Waals surface area contributed by atoms with Gasteiger partial charge in [0.25, 0.3) is 0 Å². The van der Waals surface area contributed by atoms with Crippen LogP contribution in [0.4, 0.5) is 11.8 Å². The molecule has 0 bridgehead atoms. The minimum atomic E-state index is 0.401. The van der Waals surface area contributed by atoms with Gasteiger partial charge in [-0.05, 0) is 12.5 Å². The van der Waals surface area contributed by atoms with Gasteiger partial charge in [-0.2, -0.15) is 9.97 Å². The lowest BCUT2D eigenvalue weighted by molar-refractivity contribution is 0.813. The van der Waals surface area contributed by atoms with E-state index in [9.17, 15) is 0 Å². The van der Waals surface area contributed by atoms with Crippen LogP contribution in [0.25, 0.3) is 11.2 Å². The first-order valence-corrected chi connectivity index (χ1v) is 6.54. The maximum atomic E-state index is 5.93. The zero-order chi connectivity index (χ0) is 13.9. The number of fused-ring (bicyclic) bond motifs is 1. The smallest absolute Gasteiger partial charge is 0.226 e. The largest absolute Gasteiger partial charge is 0.382 e. The van der Waals surface area contributed by atoms with Crippen molar-refractivity contribution in [1.82, 2.24) is 19.5 Å². The second-order valence-corrected chi connectivity index (χ2v) is 4.49. The van der Waals surface area contributed by atoms with Gasteiger partial charge in [-0.15, -0.1) is 0 Å². The second-order valence-electron chi connectivity index (χ2n) is 4.49. The van der Waals surface area contributed by atoms with E-state index in [0.717, 1.165) is 12.2 Å². The number of benzene rings is 1. The number of hydrogen-bond donors (Lipinski definition) is 2. The van der Waals surface area contributed by atoms with Gasteiger partial charge in [-0.1, -0.05) is 30.3 Å². The first-order chi connectivity index (χ1) is 9.78. The summed E-state index contributed by atoms with van der Waals surface area (Å²) in [5, 5.41) is 3.08. The lowest BCUT2D eigenvalue weighted by Gasteiger charge is -2.06. The predicted molar refractivity (Wildman–Crippen MR) is 79.4 cm³/mol. The predicted octanol–water partition coefficient (Wildman–Crippen LogP) is 1.89. The number of nitrogen functional groups attached to an aromatic ring is 1. The Morgan fingerprint density at radius 2 is 2.00 bits per heavy atom. The van der Waals surface area contributed by atoms with E-state index in [1.54, 1.807) is 6.33 Å². The molecule has 2 aromatic heterocycles. The van der Waals surface area contributed by atoms with E-state index in [1.807, 2.05) is 29.7 Å². The van der Waals surface area contributed by atoms with Gasteiger partial charge in [0.1, 0.15) is 5.52 Å². The normalized spacial score (nSPS) is 10.8. The third-order valence-electron chi connectivity index (χ3n) is 3.02. The quantitative estimate of drug-likeness (QED) is 0.755. The fraction of sp³-hybridized carbons (Fsp3) is 0.214. The summed E-state index contributed by atoms with van der Waals surface area (Å²) in [6.45, 7) is 3.45. The first kappa shape index (κ1) is 12.4. The Morgan fingerprint density at radius 1 is 1.20 bits per heavy atom. The van der Waals surface area contributed by atoms with Crippen molar-refractivity contribution in [3.8, 4) is 0 Å². The first-order valence-electron chi connectivity index (χ1n) is 6.54. The molecule has 0 unspecified atom stereocenters. The molecule has 102 valence electrons. The Hall–Kier alpha value is -2.63. The molecule has 0 spiro atoms. The average molecular weight is 268 g/mol. The Bertz CT molecular complexity index is 719. The molecule has 0 radical (unpaired) electrons. The summed E-state index contributed by atoms with van der Waals surface area (Å²) >= 11 is 0. The van der Waals surface area contributed by atoms with Gasteiger partial charge in [0.15, 0.2) is 11.5 Å². The fourth-order valence-corrected chi connectivity index (χ4v) is 2.10. The summed E-state index contributed by atoms with van der Waals surface area (Å²) in [6.07, 6.45) is 1.75. The summed E-state index contributed by atoms with van der Waals surface area (Å²) in [4.78, 5) is 13.0. The van der Waals surface area contributed by atoms with Crippen molar-refractivity contribution < 1.29 is 0 Å². The highest BCUT2D eigenvalue weighted by Crippen LogP contribution is 2.19. The Morgan fingerprint density at radius 3 is 2.75 bits per heavy atom. The number of nitrogens with zero attached hydrogens (tertiary/aromatic N) is 4. The van der Waals surface area contributed by atoms with Gasteiger partial charge in [-0.25, -0.2) is 4.98 Å². The molecule has 6 heteroatoms. The zero-order valence-electron chi connectivity index (χ0n) is 11.2. The fourth-order valence-electron chi connectivity index (χ4n) is 2.10. The number of anilines is 2. The Balaban J connectivity index is 2.03. The van der Waals surface area contributed by atoms with Gasteiger partial charge in [0, 0.05) is 6.54 Å². The van der Waals surface area contributed by atoms with Crippen LogP contribution in [0.1, 0.15) is 12.5 Å². The van der Waals surface area contributed by atoms with Crippen LogP contribution in [-0.2, 0) is 6.54 Å².